The third-order valence-corrected chi connectivity index (χ3v) is 6.08. The molecule has 0 radical (unpaired) electrons. The summed E-state index contributed by atoms with van der Waals surface area (Å²) < 4.78 is 6.75. The molecule has 34 heavy (non-hydrogen) atoms. The summed E-state index contributed by atoms with van der Waals surface area (Å²) in [7, 11) is 0. The second-order valence-electron chi connectivity index (χ2n) is 9.38. The lowest BCUT2D eigenvalue weighted by molar-refractivity contribution is -0.172. The van der Waals surface area contributed by atoms with Crippen molar-refractivity contribution in [3.8, 4) is 11.4 Å². The molecule has 0 saturated heterocycles. The van der Waals surface area contributed by atoms with Gasteiger partial charge in [0.2, 0.25) is 0 Å². The van der Waals surface area contributed by atoms with E-state index in [9.17, 15) is 14.7 Å². The number of rotatable bonds is 4. The van der Waals surface area contributed by atoms with Crippen molar-refractivity contribution in [3.05, 3.63) is 61.9 Å². The maximum Gasteiger partial charge on any atom is 0.343 e. The predicted octanol–water partition coefficient (Wildman–Crippen LogP) is 1.84. The third kappa shape index (κ3) is 3.68. The number of esters is 1. The molecule has 178 valence electrons. The van der Waals surface area contributed by atoms with Crippen LogP contribution >= 0.6 is 0 Å². The molecule has 2 aliphatic rings. The van der Waals surface area contributed by atoms with Gasteiger partial charge in [-0.1, -0.05) is 30.8 Å². The third-order valence-electron chi connectivity index (χ3n) is 6.08. The van der Waals surface area contributed by atoms with Crippen LogP contribution < -0.4 is 16.1 Å². The van der Waals surface area contributed by atoms with E-state index >= 15 is 0 Å². The number of hydrogen-bond donors (Lipinski definition) is 1. The lowest BCUT2D eigenvalue weighted by atomic mass is 9.86. The summed E-state index contributed by atoms with van der Waals surface area (Å²) in [5.74, 6) is -0.748. The van der Waals surface area contributed by atoms with Gasteiger partial charge in [-0.25, -0.2) is 9.78 Å². The molecule has 0 bridgehead atoms. The van der Waals surface area contributed by atoms with E-state index in [1.54, 1.807) is 35.9 Å². The van der Waals surface area contributed by atoms with Crippen LogP contribution in [-0.2, 0) is 33.1 Å². The van der Waals surface area contributed by atoms with Crippen LogP contribution in [0, 0.1) is 0 Å². The van der Waals surface area contributed by atoms with E-state index in [2.05, 4.69) is 11.7 Å². The Kier molecular flexibility index (Phi) is 5.81. The Morgan fingerprint density at radius 3 is 2.71 bits per heavy atom. The van der Waals surface area contributed by atoms with Crippen LogP contribution in [-0.4, -0.2) is 32.4 Å². The van der Waals surface area contributed by atoms with Crippen molar-refractivity contribution in [2.45, 2.75) is 65.4 Å². The van der Waals surface area contributed by atoms with Crippen molar-refractivity contribution in [1.82, 2.24) is 9.55 Å². The highest BCUT2D eigenvalue weighted by molar-refractivity contribution is 5.87. The summed E-state index contributed by atoms with van der Waals surface area (Å²) in [4.78, 5) is 36.3. The van der Waals surface area contributed by atoms with Crippen molar-refractivity contribution >= 4 is 24.3 Å². The molecule has 4 rings (SSSR count). The minimum atomic E-state index is -1.87. The Balaban J connectivity index is 2.03. The summed E-state index contributed by atoms with van der Waals surface area (Å²) in [5, 5.41) is 16.8. The first-order valence-corrected chi connectivity index (χ1v) is 11.3. The number of aromatic nitrogens is 2. The second-order valence-corrected chi connectivity index (χ2v) is 9.38. The summed E-state index contributed by atoms with van der Waals surface area (Å²) >= 11 is 0. The first kappa shape index (κ1) is 23.6. The largest absolute Gasteiger partial charge is 0.458 e. The van der Waals surface area contributed by atoms with Gasteiger partial charge in [0.15, 0.2) is 5.60 Å². The van der Waals surface area contributed by atoms with Crippen molar-refractivity contribution in [2.75, 3.05) is 0 Å². The van der Waals surface area contributed by atoms with Crippen LogP contribution in [0.3, 0.4) is 0 Å². The molecular weight excluding hydrogens is 434 g/mol. The molecule has 0 aliphatic carbocycles. The number of cyclic esters (lactones) is 1. The smallest absolute Gasteiger partial charge is 0.343 e. The molecule has 8 heteroatoms. The number of ether oxygens (including phenoxy) is 1. The lowest BCUT2D eigenvalue weighted by Gasteiger charge is -2.31. The lowest BCUT2D eigenvalue weighted by Crippen LogP contribution is -2.44. The van der Waals surface area contributed by atoms with E-state index in [1.807, 2.05) is 33.8 Å². The number of oxime groups is 1. The van der Waals surface area contributed by atoms with Gasteiger partial charge in [-0.2, -0.15) is 0 Å². The highest BCUT2D eigenvalue weighted by Gasteiger charge is 2.45. The second kappa shape index (κ2) is 8.36. The van der Waals surface area contributed by atoms with Gasteiger partial charge in [0.05, 0.1) is 35.1 Å². The molecule has 1 atom stereocenters. The molecule has 0 spiro atoms. The first-order valence-electron chi connectivity index (χ1n) is 11.3. The molecule has 1 N–H and O–H groups in total. The Bertz CT molecular complexity index is 1410. The van der Waals surface area contributed by atoms with Gasteiger partial charge in [0.1, 0.15) is 12.2 Å². The number of nitrogens with zero attached hydrogens (tertiary/aromatic N) is 3. The standard InChI is InChI=1S/C26H29N3O5/c1-7-10-20-15(8-2)16(12-27-34-25(4,5)6)17-13-29-21(22(17)28-20)11-19-18(23(29)30)14-33-24(31)26(19,32)9-3/h7-8,10-12,32H,1,9,13-14H2,2-6H3/b15-8-,20-10+,27-12+. The van der Waals surface area contributed by atoms with Gasteiger partial charge in [-0.3, -0.25) is 4.79 Å². The molecule has 2 aromatic heterocycles. The molecule has 0 saturated carbocycles. The zero-order valence-electron chi connectivity index (χ0n) is 20.1. The molecule has 0 amide bonds. The zero-order valence-corrected chi connectivity index (χ0v) is 20.1. The first-order chi connectivity index (χ1) is 16.1. The molecule has 0 fully saturated rings. The van der Waals surface area contributed by atoms with E-state index in [0.717, 1.165) is 16.3 Å². The fourth-order valence-electron chi connectivity index (χ4n) is 4.39. The minimum absolute atomic E-state index is 0.0866. The monoisotopic (exact) mass is 463 g/mol. The van der Waals surface area contributed by atoms with Crippen molar-refractivity contribution in [3.63, 3.8) is 0 Å². The Labute approximate surface area is 197 Å². The van der Waals surface area contributed by atoms with Gasteiger partial charge in [0.25, 0.3) is 5.56 Å². The quantitative estimate of drug-likeness (QED) is 0.360. The van der Waals surface area contributed by atoms with Crippen LogP contribution in [0.4, 0.5) is 0 Å². The maximum absolute atomic E-state index is 13.4. The van der Waals surface area contributed by atoms with Gasteiger partial charge in [-0.15, -0.1) is 0 Å². The molecule has 0 aromatic carbocycles. The number of hydrogen-bond acceptors (Lipinski definition) is 7. The predicted molar refractivity (Wildman–Crippen MR) is 130 cm³/mol. The summed E-state index contributed by atoms with van der Waals surface area (Å²) in [5.41, 5.74) is 0.635. The number of fused-ring (bicyclic) bond motifs is 4. The normalized spacial score (nSPS) is 20.2. The fourth-order valence-corrected chi connectivity index (χ4v) is 4.39. The van der Waals surface area contributed by atoms with Crippen LogP contribution in [0.15, 0.2) is 28.7 Å². The molecule has 4 heterocycles. The highest BCUT2D eigenvalue weighted by atomic mass is 16.6. The van der Waals surface area contributed by atoms with Crippen molar-refractivity contribution in [1.29, 1.82) is 0 Å². The van der Waals surface area contributed by atoms with Crippen molar-refractivity contribution in [2.24, 2.45) is 5.16 Å². The maximum atomic E-state index is 13.4. The van der Waals surface area contributed by atoms with Crippen LogP contribution in [0.25, 0.3) is 23.5 Å². The molecular formula is C26H29N3O5. The topological polar surface area (TPSA) is 103 Å². The van der Waals surface area contributed by atoms with Gasteiger partial charge >= 0.3 is 5.97 Å². The SMILES string of the molecule is C=C/C=c1/nc2c(c(/C=N/OC(C)(C)C)/c1=C/C)Cn1c-2cc2c(c1=O)COC(=O)C2(O)CC. The zero-order chi connectivity index (χ0) is 24.8. The average molecular weight is 464 g/mol. The molecule has 2 aliphatic heterocycles. The highest BCUT2D eigenvalue weighted by Crippen LogP contribution is 2.37. The number of carbonyl (C=O) groups is 1. The molecule has 1 unspecified atom stereocenters. The Hall–Kier alpha value is -3.52. The number of allylic oxidation sites excluding steroid dienone is 1. The Morgan fingerprint density at radius 1 is 1.35 bits per heavy atom. The van der Waals surface area contributed by atoms with Gasteiger partial charge in [0, 0.05) is 21.9 Å². The Morgan fingerprint density at radius 2 is 2.09 bits per heavy atom. The summed E-state index contributed by atoms with van der Waals surface area (Å²) in [6.45, 7) is 13.2. The van der Waals surface area contributed by atoms with Crippen LogP contribution in [0.5, 0.6) is 0 Å². The van der Waals surface area contributed by atoms with Gasteiger partial charge < -0.3 is 19.2 Å². The van der Waals surface area contributed by atoms with Crippen LogP contribution in [0.2, 0.25) is 0 Å². The number of carbonyl (C=O) groups excluding carboxylic acids is 1. The van der Waals surface area contributed by atoms with E-state index < -0.39 is 17.2 Å². The summed E-state index contributed by atoms with van der Waals surface area (Å²) in [6.07, 6.45) is 7.10. The summed E-state index contributed by atoms with van der Waals surface area (Å²) in [6, 6.07) is 1.69. The number of pyridine rings is 2. The fraction of sp³-hybridized carbons (Fsp3) is 0.385. The van der Waals surface area contributed by atoms with Gasteiger partial charge in [-0.05, 0) is 46.3 Å². The van der Waals surface area contributed by atoms with Crippen molar-refractivity contribution < 1.29 is 19.5 Å². The van der Waals surface area contributed by atoms with E-state index in [4.69, 9.17) is 14.6 Å². The molecule has 2 aromatic rings. The number of aliphatic hydroxyl groups is 1. The van der Waals surface area contributed by atoms with E-state index in [1.165, 1.54) is 0 Å². The van der Waals surface area contributed by atoms with E-state index in [0.29, 0.717) is 16.7 Å². The van der Waals surface area contributed by atoms with Crippen LogP contribution in [0.1, 0.15) is 63.3 Å². The average Bonchev–Trinajstić information content (AvgIpc) is 3.15. The molecule has 8 nitrogen and oxygen atoms in total. The van der Waals surface area contributed by atoms with E-state index in [-0.39, 0.29) is 36.3 Å². The minimum Gasteiger partial charge on any atom is -0.458 e.